The Balaban J connectivity index is 1.40. The Morgan fingerprint density at radius 1 is 1.19 bits per heavy atom. The second-order valence-corrected chi connectivity index (χ2v) is 6.91. The molecule has 27 heavy (non-hydrogen) atoms. The molecule has 1 aromatic carbocycles. The van der Waals surface area contributed by atoms with Crippen LogP contribution in [0.25, 0.3) is 11.4 Å². The molecule has 1 saturated heterocycles. The summed E-state index contributed by atoms with van der Waals surface area (Å²) >= 11 is 12.0. The van der Waals surface area contributed by atoms with Gasteiger partial charge in [-0.05, 0) is 29.8 Å². The van der Waals surface area contributed by atoms with E-state index in [2.05, 4.69) is 20.4 Å². The molecule has 0 radical (unpaired) electrons. The Labute approximate surface area is 165 Å². The van der Waals surface area contributed by atoms with Crippen molar-refractivity contribution in [3.8, 4) is 17.3 Å². The normalized spacial score (nSPS) is 16.4. The molecule has 1 aliphatic heterocycles. The number of nitrogens with zero attached hydrogens (tertiary/aromatic N) is 3. The van der Waals surface area contributed by atoms with E-state index in [4.69, 9.17) is 37.2 Å². The zero-order valence-electron chi connectivity index (χ0n) is 14.2. The van der Waals surface area contributed by atoms with Crippen molar-refractivity contribution < 1.29 is 14.0 Å². The van der Waals surface area contributed by atoms with Gasteiger partial charge in [-0.2, -0.15) is 4.98 Å². The first-order chi connectivity index (χ1) is 13.2. The predicted molar refractivity (Wildman–Crippen MR) is 101 cm³/mol. The van der Waals surface area contributed by atoms with Crippen LogP contribution in [-0.4, -0.2) is 34.4 Å². The van der Waals surface area contributed by atoms with Gasteiger partial charge < -0.3 is 19.3 Å². The highest BCUT2D eigenvalue weighted by Gasteiger charge is 2.17. The van der Waals surface area contributed by atoms with E-state index in [1.807, 2.05) is 12.1 Å². The van der Waals surface area contributed by atoms with Crippen molar-refractivity contribution in [3.05, 3.63) is 52.1 Å². The average molecular weight is 407 g/mol. The smallest absolute Gasteiger partial charge is 0.322 e. The zero-order chi connectivity index (χ0) is 18.6. The first-order valence-electron chi connectivity index (χ1n) is 8.39. The molecule has 2 aromatic heterocycles. The lowest BCUT2D eigenvalue weighted by Crippen LogP contribution is -2.16. The molecule has 7 nitrogen and oxygen atoms in total. The fourth-order valence-corrected chi connectivity index (χ4v) is 3.20. The molecular formula is C18H16Cl2N4O3. The van der Waals surface area contributed by atoms with Crippen molar-refractivity contribution in [2.75, 3.05) is 18.5 Å². The molecule has 140 valence electrons. The second-order valence-electron chi connectivity index (χ2n) is 6.04. The third-order valence-electron chi connectivity index (χ3n) is 3.97. The molecule has 0 amide bonds. The van der Waals surface area contributed by atoms with Gasteiger partial charge in [-0.15, -0.1) is 0 Å². The minimum Gasteiger partial charge on any atom is -0.472 e. The number of hydrogen-bond acceptors (Lipinski definition) is 7. The van der Waals surface area contributed by atoms with Crippen molar-refractivity contribution >= 4 is 29.2 Å². The van der Waals surface area contributed by atoms with Crippen LogP contribution in [0.15, 0.2) is 41.1 Å². The molecule has 1 aliphatic rings. The molecule has 3 aromatic rings. The quantitative estimate of drug-likeness (QED) is 0.655. The van der Waals surface area contributed by atoms with Crippen LogP contribution in [0.2, 0.25) is 10.0 Å². The summed E-state index contributed by atoms with van der Waals surface area (Å²) in [5, 5.41) is 8.05. The fraction of sp³-hybridized carbons (Fsp3) is 0.278. The van der Waals surface area contributed by atoms with E-state index < -0.39 is 0 Å². The first kappa shape index (κ1) is 18.0. The summed E-state index contributed by atoms with van der Waals surface area (Å²) in [4.78, 5) is 8.55. The minimum atomic E-state index is 0.0590. The van der Waals surface area contributed by atoms with Crippen molar-refractivity contribution in [3.63, 3.8) is 0 Å². The Morgan fingerprint density at radius 2 is 2.04 bits per heavy atom. The summed E-state index contributed by atoms with van der Waals surface area (Å²) in [6.45, 7) is 1.81. The van der Waals surface area contributed by atoms with E-state index in [1.165, 1.54) is 0 Å². The molecule has 0 saturated carbocycles. The van der Waals surface area contributed by atoms with Crippen LogP contribution in [0.1, 0.15) is 12.0 Å². The van der Waals surface area contributed by atoms with Gasteiger partial charge in [-0.25, -0.2) is 4.98 Å². The van der Waals surface area contributed by atoms with E-state index in [9.17, 15) is 0 Å². The second kappa shape index (κ2) is 8.12. The van der Waals surface area contributed by atoms with Gasteiger partial charge in [0.1, 0.15) is 6.10 Å². The Kier molecular flexibility index (Phi) is 5.42. The summed E-state index contributed by atoms with van der Waals surface area (Å²) in [6, 6.07) is 9.15. The largest absolute Gasteiger partial charge is 0.472 e. The molecular weight excluding hydrogens is 391 g/mol. The third kappa shape index (κ3) is 4.68. The molecule has 0 aliphatic carbocycles. The number of ether oxygens (including phenoxy) is 2. The molecule has 1 unspecified atom stereocenters. The number of hydrogen-bond donors (Lipinski definition) is 1. The van der Waals surface area contributed by atoms with Crippen molar-refractivity contribution in [2.24, 2.45) is 0 Å². The topological polar surface area (TPSA) is 82.3 Å². The standard InChI is InChI=1S/C18H16Cl2N4O3/c19-13-6-12(7-14(20)8-13)17-23-18(27-24-17)22-9-11-1-3-21-16(5-11)26-15-2-4-25-10-15/h1,3,5-8,15H,2,4,9-10H2,(H,22,23,24). The van der Waals surface area contributed by atoms with Gasteiger partial charge in [-0.3, -0.25) is 0 Å². The van der Waals surface area contributed by atoms with E-state index in [-0.39, 0.29) is 6.10 Å². The number of rotatable bonds is 6. The summed E-state index contributed by atoms with van der Waals surface area (Å²) in [5.41, 5.74) is 1.66. The highest BCUT2D eigenvalue weighted by molar-refractivity contribution is 6.35. The molecule has 1 fully saturated rings. The zero-order valence-corrected chi connectivity index (χ0v) is 15.7. The number of halogens is 2. The number of nitrogens with one attached hydrogen (secondary N) is 1. The van der Waals surface area contributed by atoms with Gasteiger partial charge >= 0.3 is 6.01 Å². The average Bonchev–Trinajstić information content (AvgIpc) is 3.31. The van der Waals surface area contributed by atoms with Crippen LogP contribution in [0.4, 0.5) is 6.01 Å². The van der Waals surface area contributed by atoms with Gasteiger partial charge in [0.2, 0.25) is 11.7 Å². The number of anilines is 1. The van der Waals surface area contributed by atoms with Gasteiger partial charge in [0.05, 0.1) is 13.2 Å². The van der Waals surface area contributed by atoms with E-state index in [0.29, 0.717) is 46.5 Å². The summed E-state index contributed by atoms with van der Waals surface area (Å²) in [7, 11) is 0. The van der Waals surface area contributed by atoms with Gasteiger partial charge in [0.25, 0.3) is 0 Å². The van der Waals surface area contributed by atoms with Crippen LogP contribution in [0.5, 0.6) is 5.88 Å². The number of benzene rings is 1. The molecule has 9 heteroatoms. The molecule has 1 atom stereocenters. The highest BCUT2D eigenvalue weighted by Crippen LogP contribution is 2.26. The maximum atomic E-state index is 6.01. The summed E-state index contributed by atoms with van der Waals surface area (Å²) in [6.07, 6.45) is 2.64. The maximum absolute atomic E-state index is 6.01. The summed E-state index contributed by atoms with van der Waals surface area (Å²) in [5.74, 6) is 0.978. The molecule has 4 rings (SSSR count). The van der Waals surface area contributed by atoms with Crippen molar-refractivity contribution in [1.29, 1.82) is 0 Å². The Morgan fingerprint density at radius 3 is 2.81 bits per heavy atom. The lowest BCUT2D eigenvalue weighted by atomic mass is 10.2. The third-order valence-corrected chi connectivity index (χ3v) is 4.40. The monoisotopic (exact) mass is 406 g/mol. The SMILES string of the molecule is Clc1cc(Cl)cc(-c2noc(NCc3ccnc(OC4CCOC4)c3)n2)c1. The van der Waals surface area contributed by atoms with Crippen LogP contribution in [0, 0.1) is 0 Å². The Hall–Kier alpha value is -2.35. The highest BCUT2D eigenvalue weighted by atomic mass is 35.5. The molecule has 0 spiro atoms. The minimum absolute atomic E-state index is 0.0590. The predicted octanol–water partition coefficient (Wildman–Crippen LogP) is 4.22. The summed E-state index contributed by atoms with van der Waals surface area (Å²) < 4.78 is 16.4. The maximum Gasteiger partial charge on any atom is 0.322 e. The van der Waals surface area contributed by atoms with Crippen LogP contribution in [0.3, 0.4) is 0 Å². The lowest BCUT2D eigenvalue weighted by molar-refractivity contribution is 0.138. The van der Waals surface area contributed by atoms with Crippen LogP contribution < -0.4 is 10.1 Å². The molecule has 3 heterocycles. The van der Waals surface area contributed by atoms with E-state index >= 15 is 0 Å². The van der Waals surface area contributed by atoms with Crippen LogP contribution >= 0.6 is 23.2 Å². The van der Waals surface area contributed by atoms with Gasteiger partial charge in [0, 0.05) is 40.8 Å². The molecule has 1 N–H and O–H groups in total. The first-order valence-corrected chi connectivity index (χ1v) is 9.15. The van der Waals surface area contributed by atoms with Crippen LogP contribution in [-0.2, 0) is 11.3 Å². The number of aromatic nitrogens is 3. The van der Waals surface area contributed by atoms with Gasteiger partial charge in [-0.1, -0.05) is 28.4 Å². The number of pyridine rings is 1. The fourth-order valence-electron chi connectivity index (χ4n) is 2.67. The molecule has 0 bridgehead atoms. The van der Waals surface area contributed by atoms with Gasteiger partial charge in [0.15, 0.2) is 0 Å². The van der Waals surface area contributed by atoms with Crippen molar-refractivity contribution in [2.45, 2.75) is 19.1 Å². The Bertz CT molecular complexity index is 908. The van der Waals surface area contributed by atoms with Crippen molar-refractivity contribution in [1.82, 2.24) is 15.1 Å². The van der Waals surface area contributed by atoms with E-state index in [0.717, 1.165) is 18.6 Å². The van der Waals surface area contributed by atoms with E-state index in [1.54, 1.807) is 24.4 Å². The lowest BCUT2D eigenvalue weighted by Gasteiger charge is -2.11.